The first-order valence-corrected chi connectivity index (χ1v) is 6.19. The molecule has 0 bridgehead atoms. The van der Waals surface area contributed by atoms with Crippen LogP contribution in [0.25, 0.3) is 0 Å². The van der Waals surface area contributed by atoms with Crippen molar-refractivity contribution in [3.63, 3.8) is 0 Å². The summed E-state index contributed by atoms with van der Waals surface area (Å²) in [5.41, 5.74) is 8.21. The number of nitrogens with one attached hydrogen (secondary N) is 1. The molecule has 4 heteroatoms. The highest BCUT2D eigenvalue weighted by atomic mass is 16.5. The van der Waals surface area contributed by atoms with Gasteiger partial charge in [-0.15, -0.1) is 0 Å². The summed E-state index contributed by atoms with van der Waals surface area (Å²) in [4.78, 5) is 0. The van der Waals surface area contributed by atoms with Crippen molar-refractivity contribution in [3.8, 4) is 0 Å². The minimum absolute atomic E-state index is 0.0812. The van der Waals surface area contributed by atoms with E-state index in [-0.39, 0.29) is 6.04 Å². The molecule has 3 N–H and O–H groups in total. The summed E-state index contributed by atoms with van der Waals surface area (Å²) in [5, 5.41) is 7.24. The standard InChI is InChI=1S/C14H19N3O/c1-11-9-13(17-18-11)10-16-8-7-14(15)12-5-3-2-4-6-12/h2-6,9,14,16H,7-8,10,15H2,1H3. The van der Waals surface area contributed by atoms with Crippen LogP contribution in [0.4, 0.5) is 0 Å². The first-order valence-electron chi connectivity index (χ1n) is 6.19. The Hall–Kier alpha value is -1.65. The van der Waals surface area contributed by atoms with Crippen molar-refractivity contribution in [3.05, 3.63) is 53.4 Å². The van der Waals surface area contributed by atoms with Crippen molar-refractivity contribution in [2.75, 3.05) is 6.54 Å². The number of hydrogen-bond donors (Lipinski definition) is 2. The molecule has 1 aromatic carbocycles. The van der Waals surface area contributed by atoms with E-state index in [0.717, 1.165) is 31.0 Å². The monoisotopic (exact) mass is 245 g/mol. The molecule has 0 amide bonds. The Kier molecular flexibility index (Phi) is 4.50. The van der Waals surface area contributed by atoms with Crippen LogP contribution in [0.2, 0.25) is 0 Å². The molecule has 18 heavy (non-hydrogen) atoms. The lowest BCUT2D eigenvalue weighted by Gasteiger charge is -2.11. The maximum atomic E-state index is 6.10. The SMILES string of the molecule is Cc1cc(CNCCC(N)c2ccccc2)no1. The minimum Gasteiger partial charge on any atom is -0.361 e. The van der Waals surface area contributed by atoms with Crippen LogP contribution >= 0.6 is 0 Å². The van der Waals surface area contributed by atoms with Gasteiger partial charge in [0.05, 0.1) is 5.69 Å². The molecule has 0 saturated heterocycles. The van der Waals surface area contributed by atoms with E-state index >= 15 is 0 Å². The van der Waals surface area contributed by atoms with Gasteiger partial charge in [0, 0.05) is 18.7 Å². The maximum Gasteiger partial charge on any atom is 0.133 e. The van der Waals surface area contributed by atoms with Gasteiger partial charge in [0.1, 0.15) is 5.76 Å². The smallest absolute Gasteiger partial charge is 0.133 e. The van der Waals surface area contributed by atoms with Crippen LogP contribution < -0.4 is 11.1 Å². The van der Waals surface area contributed by atoms with Crippen molar-refractivity contribution in [1.29, 1.82) is 0 Å². The highest BCUT2D eigenvalue weighted by Gasteiger charge is 2.05. The third-order valence-corrected chi connectivity index (χ3v) is 2.84. The third kappa shape index (κ3) is 3.68. The summed E-state index contributed by atoms with van der Waals surface area (Å²) >= 11 is 0. The summed E-state index contributed by atoms with van der Waals surface area (Å²) < 4.78 is 5.00. The zero-order valence-corrected chi connectivity index (χ0v) is 10.6. The van der Waals surface area contributed by atoms with Crippen LogP contribution in [0.15, 0.2) is 40.9 Å². The lowest BCUT2D eigenvalue weighted by molar-refractivity contribution is 0.388. The van der Waals surface area contributed by atoms with E-state index in [1.54, 1.807) is 0 Å². The van der Waals surface area contributed by atoms with Gasteiger partial charge in [-0.1, -0.05) is 35.5 Å². The Morgan fingerprint density at radius 1 is 1.33 bits per heavy atom. The second-order valence-electron chi connectivity index (χ2n) is 4.41. The quantitative estimate of drug-likeness (QED) is 0.765. The summed E-state index contributed by atoms with van der Waals surface area (Å²) in [6.07, 6.45) is 0.904. The Balaban J connectivity index is 1.69. The second-order valence-corrected chi connectivity index (χ2v) is 4.41. The van der Waals surface area contributed by atoms with Crippen LogP contribution in [-0.2, 0) is 6.54 Å². The van der Waals surface area contributed by atoms with E-state index in [0.29, 0.717) is 0 Å². The normalized spacial score (nSPS) is 12.6. The van der Waals surface area contributed by atoms with Gasteiger partial charge < -0.3 is 15.6 Å². The summed E-state index contributed by atoms with van der Waals surface area (Å²) in [6, 6.07) is 12.2. The van der Waals surface area contributed by atoms with Gasteiger partial charge >= 0.3 is 0 Å². The largest absolute Gasteiger partial charge is 0.361 e. The number of nitrogens with zero attached hydrogens (tertiary/aromatic N) is 1. The van der Waals surface area contributed by atoms with Gasteiger partial charge in [-0.3, -0.25) is 0 Å². The predicted molar refractivity (Wildman–Crippen MR) is 70.9 cm³/mol. The minimum atomic E-state index is 0.0812. The first kappa shape index (κ1) is 12.8. The first-order chi connectivity index (χ1) is 8.75. The van der Waals surface area contributed by atoms with Gasteiger partial charge in [-0.2, -0.15) is 0 Å². The molecule has 0 aliphatic rings. The molecule has 1 unspecified atom stereocenters. The number of benzene rings is 1. The highest BCUT2D eigenvalue weighted by molar-refractivity contribution is 5.18. The molecule has 0 spiro atoms. The van der Waals surface area contributed by atoms with Crippen LogP contribution in [0.1, 0.15) is 29.5 Å². The lowest BCUT2D eigenvalue weighted by Crippen LogP contribution is -2.20. The topological polar surface area (TPSA) is 64.1 Å². The lowest BCUT2D eigenvalue weighted by atomic mass is 10.1. The molecular formula is C14H19N3O. The van der Waals surface area contributed by atoms with Crippen molar-refractivity contribution >= 4 is 0 Å². The second kappa shape index (κ2) is 6.33. The van der Waals surface area contributed by atoms with Crippen molar-refractivity contribution in [1.82, 2.24) is 10.5 Å². The molecule has 1 atom stereocenters. The molecule has 4 nitrogen and oxygen atoms in total. The van der Waals surface area contributed by atoms with E-state index in [9.17, 15) is 0 Å². The molecule has 0 aliphatic carbocycles. The number of rotatable bonds is 6. The average molecular weight is 245 g/mol. The Morgan fingerprint density at radius 3 is 2.78 bits per heavy atom. The van der Waals surface area contributed by atoms with Crippen LogP contribution in [0.5, 0.6) is 0 Å². The van der Waals surface area contributed by atoms with E-state index in [4.69, 9.17) is 10.3 Å². The van der Waals surface area contributed by atoms with Crippen molar-refractivity contribution in [2.24, 2.45) is 5.73 Å². The molecule has 0 radical (unpaired) electrons. The molecular weight excluding hydrogens is 226 g/mol. The third-order valence-electron chi connectivity index (χ3n) is 2.84. The Bertz CT molecular complexity index is 467. The van der Waals surface area contributed by atoms with E-state index in [2.05, 4.69) is 22.6 Å². The maximum absolute atomic E-state index is 6.10. The zero-order valence-electron chi connectivity index (χ0n) is 10.6. The molecule has 0 saturated carbocycles. The molecule has 96 valence electrons. The number of hydrogen-bond acceptors (Lipinski definition) is 4. The number of nitrogens with two attached hydrogens (primary N) is 1. The van der Waals surface area contributed by atoms with Crippen molar-refractivity contribution in [2.45, 2.75) is 25.9 Å². The molecule has 2 rings (SSSR count). The van der Waals surface area contributed by atoms with Gasteiger partial charge in [-0.25, -0.2) is 0 Å². The fraction of sp³-hybridized carbons (Fsp3) is 0.357. The predicted octanol–water partition coefficient (Wildman–Crippen LogP) is 2.16. The van der Waals surface area contributed by atoms with Crippen LogP contribution in [0, 0.1) is 6.92 Å². The van der Waals surface area contributed by atoms with E-state index < -0.39 is 0 Å². The Morgan fingerprint density at radius 2 is 2.11 bits per heavy atom. The molecule has 1 heterocycles. The molecule has 0 fully saturated rings. The Labute approximate surface area is 107 Å². The summed E-state index contributed by atoms with van der Waals surface area (Å²) in [7, 11) is 0. The molecule has 2 aromatic rings. The van der Waals surface area contributed by atoms with E-state index in [1.165, 1.54) is 5.56 Å². The highest BCUT2D eigenvalue weighted by Crippen LogP contribution is 2.12. The van der Waals surface area contributed by atoms with Crippen LogP contribution in [-0.4, -0.2) is 11.7 Å². The van der Waals surface area contributed by atoms with Gasteiger partial charge in [0.15, 0.2) is 0 Å². The fourth-order valence-electron chi connectivity index (χ4n) is 1.84. The van der Waals surface area contributed by atoms with Gasteiger partial charge in [0.2, 0.25) is 0 Å². The summed E-state index contributed by atoms with van der Waals surface area (Å²) in [6.45, 7) is 3.47. The number of aryl methyl sites for hydroxylation is 1. The van der Waals surface area contributed by atoms with Crippen LogP contribution in [0.3, 0.4) is 0 Å². The van der Waals surface area contributed by atoms with E-state index in [1.807, 2.05) is 31.2 Å². The van der Waals surface area contributed by atoms with Gasteiger partial charge in [0.25, 0.3) is 0 Å². The van der Waals surface area contributed by atoms with Gasteiger partial charge in [-0.05, 0) is 25.5 Å². The van der Waals surface area contributed by atoms with Crippen molar-refractivity contribution < 1.29 is 4.52 Å². The zero-order chi connectivity index (χ0) is 12.8. The fourth-order valence-corrected chi connectivity index (χ4v) is 1.84. The average Bonchev–Trinajstić information content (AvgIpc) is 2.81. The number of aromatic nitrogens is 1. The molecule has 0 aliphatic heterocycles. The summed E-state index contributed by atoms with van der Waals surface area (Å²) in [5.74, 6) is 0.841. The molecule has 1 aromatic heterocycles.